The van der Waals surface area contributed by atoms with E-state index in [0.29, 0.717) is 4.74 Å². The number of carbonyl (C=O) groups is 1. The van der Waals surface area contributed by atoms with Gasteiger partial charge in [-0.15, -0.1) is 0 Å². The molecule has 64 valence electrons. The maximum absolute atomic E-state index is 11.0. The summed E-state index contributed by atoms with van der Waals surface area (Å²) in [5.74, 6) is -0.630. The maximum Gasteiger partial charge on any atom is 0.396 e. The lowest BCUT2D eigenvalue weighted by molar-refractivity contribution is -0.530. The van der Waals surface area contributed by atoms with E-state index in [2.05, 4.69) is 4.74 Å². The predicted molar refractivity (Wildman–Crippen MR) is 41.5 cm³/mol. The molecule has 4 heteroatoms. The van der Waals surface area contributed by atoms with Crippen molar-refractivity contribution in [1.82, 2.24) is 0 Å². The third-order valence-corrected chi connectivity index (χ3v) is 1.09. The monoisotopic (exact) mass is 159 g/mol. The second-order valence-electron chi connectivity index (χ2n) is 3.15. The first-order valence-corrected chi connectivity index (χ1v) is 3.27. The van der Waals surface area contributed by atoms with Crippen LogP contribution in [0.5, 0.6) is 0 Å². The smallest absolute Gasteiger partial charge is 0.396 e. The molecule has 0 amide bonds. The molecule has 0 atom stereocenters. The van der Waals surface area contributed by atoms with Crippen molar-refractivity contribution in [3.63, 3.8) is 0 Å². The quantitative estimate of drug-likeness (QED) is 0.184. The molecule has 0 unspecified atom stereocenters. The molecule has 0 heterocycles. The first-order valence-electron chi connectivity index (χ1n) is 3.27. The highest BCUT2D eigenvalue weighted by molar-refractivity contribution is 6.20. The summed E-state index contributed by atoms with van der Waals surface area (Å²) in [6.45, 7) is 5.12. The van der Waals surface area contributed by atoms with Crippen LogP contribution in [0.1, 0.15) is 20.8 Å². The Balaban J connectivity index is 4.35. The third-order valence-electron chi connectivity index (χ3n) is 1.09. The second-order valence-corrected chi connectivity index (χ2v) is 3.15. The van der Waals surface area contributed by atoms with Gasteiger partial charge in [0.05, 0.1) is 7.11 Å². The van der Waals surface area contributed by atoms with Gasteiger partial charge in [0.25, 0.3) is 6.21 Å². The number of methoxy groups -OCH3 is 1. The standard InChI is InChI=1S/C7H13NO3/c1-7(2,3)8(10)5-6(9)11-4/h5H,1-4H3/b8-5+. The molecule has 0 saturated heterocycles. The van der Waals surface area contributed by atoms with Crippen molar-refractivity contribution in [2.75, 3.05) is 7.11 Å². The molecule has 0 fully saturated rings. The molecule has 0 aromatic carbocycles. The summed E-state index contributed by atoms with van der Waals surface area (Å²) >= 11 is 0. The highest BCUT2D eigenvalue weighted by Crippen LogP contribution is 2.03. The van der Waals surface area contributed by atoms with Gasteiger partial charge >= 0.3 is 5.97 Å². The fraction of sp³-hybridized carbons (Fsp3) is 0.714. The average Bonchev–Trinajstić information content (AvgIpc) is 1.85. The minimum absolute atomic E-state index is 0.568. The van der Waals surface area contributed by atoms with Crippen LogP contribution in [0.25, 0.3) is 0 Å². The molecular weight excluding hydrogens is 146 g/mol. The lowest BCUT2D eigenvalue weighted by atomic mass is 10.1. The van der Waals surface area contributed by atoms with Gasteiger partial charge in [-0.3, -0.25) is 0 Å². The van der Waals surface area contributed by atoms with Crippen molar-refractivity contribution in [3.8, 4) is 0 Å². The van der Waals surface area contributed by atoms with Crippen LogP contribution in [0.3, 0.4) is 0 Å². The van der Waals surface area contributed by atoms with E-state index in [0.717, 1.165) is 6.21 Å². The van der Waals surface area contributed by atoms with Crippen molar-refractivity contribution < 1.29 is 14.3 Å². The molecular formula is C7H13NO3. The van der Waals surface area contributed by atoms with Gasteiger partial charge < -0.3 is 9.94 Å². The van der Waals surface area contributed by atoms with Crippen LogP contribution in [0, 0.1) is 5.21 Å². The Labute approximate surface area is 66.1 Å². The fourth-order valence-electron chi connectivity index (χ4n) is 0.342. The summed E-state index contributed by atoms with van der Waals surface area (Å²) in [6, 6.07) is 0. The Morgan fingerprint density at radius 3 is 2.27 bits per heavy atom. The lowest BCUT2D eigenvalue weighted by Gasteiger charge is -2.17. The SMILES string of the molecule is COC(=O)/C=[N+](/[O-])C(C)(C)C. The molecule has 0 aliphatic heterocycles. The number of hydrogen-bond donors (Lipinski definition) is 0. The highest BCUT2D eigenvalue weighted by atomic mass is 16.5. The largest absolute Gasteiger partial charge is 0.623 e. The summed E-state index contributed by atoms with van der Waals surface area (Å²) in [6.07, 6.45) is 0.889. The number of hydroxylamine groups is 1. The van der Waals surface area contributed by atoms with E-state index in [-0.39, 0.29) is 0 Å². The molecule has 0 aliphatic carbocycles. The number of nitrogens with zero attached hydrogens (tertiary/aromatic N) is 1. The summed E-state index contributed by atoms with van der Waals surface area (Å²) in [4.78, 5) is 10.5. The van der Waals surface area contributed by atoms with Crippen LogP contribution < -0.4 is 0 Å². The molecule has 0 aliphatic rings. The number of carbonyl (C=O) groups excluding carboxylic acids is 1. The zero-order valence-corrected chi connectivity index (χ0v) is 7.25. The van der Waals surface area contributed by atoms with Crippen molar-refractivity contribution in [3.05, 3.63) is 5.21 Å². The van der Waals surface area contributed by atoms with Crippen molar-refractivity contribution >= 4 is 12.2 Å². The van der Waals surface area contributed by atoms with Crippen LogP contribution in [-0.2, 0) is 9.53 Å². The van der Waals surface area contributed by atoms with Gasteiger partial charge in [0.15, 0.2) is 5.54 Å². The van der Waals surface area contributed by atoms with Crippen LogP contribution in [0.4, 0.5) is 0 Å². The molecule has 0 saturated carbocycles. The van der Waals surface area contributed by atoms with E-state index in [9.17, 15) is 10.0 Å². The van der Waals surface area contributed by atoms with E-state index in [4.69, 9.17) is 0 Å². The van der Waals surface area contributed by atoms with E-state index < -0.39 is 11.5 Å². The van der Waals surface area contributed by atoms with E-state index in [1.54, 1.807) is 20.8 Å². The minimum atomic E-state index is -0.630. The Morgan fingerprint density at radius 2 is 2.00 bits per heavy atom. The number of hydrogen-bond acceptors (Lipinski definition) is 3. The molecule has 4 nitrogen and oxygen atoms in total. The molecule has 0 radical (unpaired) electrons. The Bertz CT molecular complexity index is 179. The lowest BCUT2D eigenvalue weighted by Crippen LogP contribution is -2.31. The molecule has 11 heavy (non-hydrogen) atoms. The normalized spacial score (nSPS) is 12.9. The van der Waals surface area contributed by atoms with Gasteiger partial charge in [0.1, 0.15) is 0 Å². The first-order chi connectivity index (χ1) is 4.88. The van der Waals surface area contributed by atoms with Gasteiger partial charge in [-0.25, -0.2) is 9.53 Å². The minimum Gasteiger partial charge on any atom is -0.623 e. The number of ether oxygens (including phenoxy) is 1. The zero-order valence-electron chi connectivity index (χ0n) is 7.25. The second kappa shape index (κ2) is 3.37. The Kier molecular flexibility index (Phi) is 3.04. The van der Waals surface area contributed by atoms with Gasteiger partial charge in [-0.1, -0.05) is 0 Å². The first kappa shape index (κ1) is 9.94. The summed E-state index contributed by atoms with van der Waals surface area (Å²) in [5, 5.41) is 11.0. The van der Waals surface area contributed by atoms with Gasteiger partial charge in [0, 0.05) is 20.8 Å². The van der Waals surface area contributed by atoms with Crippen LogP contribution in [0.15, 0.2) is 0 Å². The maximum atomic E-state index is 11.0. The molecule has 0 aromatic heterocycles. The van der Waals surface area contributed by atoms with E-state index >= 15 is 0 Å². The number of esters is 1. The molecule has 0 bridgehead atoms. The van der Waals surface area contributed by atoms with Crippen LogP contribution in [0.2, 0.25) is 0 Å². The summed E-state index contributed by atoms with van der Waals surface area (Å²) in [7, 11) is 1.23. The Hall–Kier alpha value is -1.06. The molecule has 0 rings (SSSR count). The fourth-order valence-corrected chi connectivity index (χ4v) is 0.342. The number of rotatable bonds is 1. The third kappa shape index (κ3) is 3.60. The van der Waals surface area contributed by atoms with Gasteiger partial charge in [-0.2, -0.15) is 0 Å². The average molecular weight is 159 g/mol. The van der Waals surface area contributed by atoms with E-state index in [1.165, 1.54) is 7.11 Å². The van der Waals surface area contributed by atoms with Crippen molar-refractivity contribution in [1.29, 1.82) is 0 Å². The summed E-state index contributed by atoms with van der Waals surface area (Å²) in [5.41, 5.74) is -0.589. The van der Waals surface area contributed by atoms with Crippen molar-refractivity contribution in [2.45, 2.75) is 26.3 Å². The molecule has 0 N–H and O–H groups in total. The predicted octanol–water partition coefficient (Wildman–Crippen LogP) is 0.539. The molecule has 0 spiro atoms. The van der Waals surface area contributed by atoms with Crippen LogP contribution in [-0.4, -0.2) is 29.6 Å². The van der Waals surface area contributed by atoms with Crippen LogP contribution >= 0.6 is 0 Å². The van der Waals surface area contributed by atoms with Crippen molar-refractivity contribution in [2.24, 2.45) is 0 Å². The van der Waals surface area contributed by atoms with Gasteiger partial charge in [0.2, 0.25) is 0 Å². The topological polar surface area (TPSA) is 52.4 Å². The Morgan fingerprint density at radius 1 is 1.55 bits per heavy atom. The van der Waals surface area contributed by atoms with Gasteiger partial charge in [-0.05, 0) is 0 Å². The molecule has 0 aromatic rings. The highest BCUT2D eigenvalue weighted by Gasteiger charge is 2.19. The van der Waals surface area contributed by atoms with E-state index in [1.807, 2.05) is 0 Å². The summed E-state index contributed by atoms with van der Waals surface area (Å²) < 4.78 is 4.85. The zero-order chi connectivity index (χ0) is 9.07.